The molecule has 1 saturated carbocycles. The number of likely N-dealkylation sites (N-methyl/N-ethyl adjacent to an activating group) is 1. The number of nitrogens with zero attached hydrogens (tertiary/aromatic N) is 3. The number of rotatable bonds is 7. The van der Waals surface area contributed by atoms with E-state index in [1.807, 2.05) is 0 Å². The van der Waals surface area contributed by atoms with E-state index in [1.165, 1.54) is 17.4 Å². The Hall–Kier alpha value is -1.28. The van der Waals surface area contributed by atoms with Crippen LogP contribution in [-0.4, -0.2) is 55.6 Å². The summed E-state index contributed by atoms with van der Waals surface area (Å²) in [5, 5.41) is 15.3. The maximum atomic E-state index is 11.7. The van der Waals surface area contributed by atoms with Crippen molar-refractivity contribution in [2.75, 3.05) is 12.8 Å². The highest BCUT2D eigenvalue weighted by Crippen LogP contribution is 2.27. The zero-order chi connectivity index (χ0) is 14.0. The molecule has 8 heteroatoms. The van der Waals surface area contributed by atoms with E-state index in [2.05, 4.69) is 29.1 Å². The van der Waals surface area contributed by atoms with Gasteiger partial charge in [-0.05, 0) is 26.8 Å². The van der Waals surface area contributed by atoms with Gasteiger partial charge in [0, 0.05) is 18.6 Å². The third-order valence-corrected chi connectivity index (χ3v) is 4.27. The van der Waals surface area contributed by atoms with Gasteiger partial charge in [0.25, 0.3) is 0 Å². The van der Waals surface area contributed by atoms with Crippen molar-refractivity contribution in [2.45, 2.75) is 43.6 Å². The number of carbonyl (C=O) groups is 1. The first-order chi connectivity index (χ1) is 8.99. The second-order valence-corrected chi connectivity index (χ2v) is 5.79. The van der Waals surface area contributed by atoms with Gasteiger partial charge in [0.2, 0.25) is 0 Å². The van der Waals surface area contributed by atoms with Crippen molar-refractivity contribution in [1.82, 2.24) is 19.7 Å². The summed E-state index contributed by atoms with van der Waals surface area (Å²) in [5.41, 5.74) is -0.288. The zero-order valence-corrected chi connectivity index (χ0v) is 11.8. The number of thioether (sulfide) groups is 1. The average Bonchev–Trinajstić information content (AvgIpc) is 3.14. The standard InChI is InChI=1S/C11H18N4O3S/c1-7(14(2)8-3-4-8)5-15-10(18)12-13-11(15)19-6-9(16)17/h7-8H,3-6H2,1-2H3,(H,12,18)(H,16,17). The monoisotopic (exact) mass is 286 g/mol. The fraction of sp³-hybridized carbons (Fsp3) is 0.727. The fourth-order valence-corrected chi connectivity index (χ4v) is 2.61. The first-order valence-corrected chi connectivity index (χ1v) is 7.19. The van der Waals surface area contributed by atoms with Crippen molar-refractivity contribution >= 4 is 17.7 Å². The summed E-state index contributed by atoms with van der Waals surface area (Å²) in [6.45, 7) is 2.58. The third kappa shape index (κ3) is 3.60. The summed E-state index contributed by atoms with van der Waals surface area (Å²) < 4.78 is 1.51. The van der Waals surface area contributed by atoms with E-state index in [9.17, 15) is 9.59 Å². The Labute approximate surface area is 115 Å². The second kappa shape index (κ2) is 5.79. The molecule has 0 aromatic carbocycles. The quantitative estimate of drug-likeness (QED) is 0.697. The largest absolute Gasteiger partial charge is 0.481 e. The first-order valence-electron chi connectivity index (χ1n) is 6.20. The van der Waals surface area contributed by atoms with Crippen LogP contribution >= 0.6 is 11.8 Å². The lowest BCUT2D eigenvalue weighted by atomic mass is 10.3. The van der Waals surface area contributed by atoms with Gasteiger partial charge in [-0.2, -0.15) is 0 Å². The lowest BCUT2D eigenvalue weighted by molar-refractivity contribution is -0.133. The van der Waals surface area contributed by atoms with Gasteiger partial charge in [-0.25, -0.2) is 9.89 Å². The van der Waals surface area contributed by atoms with E-state index >= 15 is 0 Å². The van der Waals surface area contributed by atoms with Gasteiger partial charge in [-0.1, -0.05) is 11.8 Å². The molecule has 0 aliphatic heterocycles. The van der Waals surface area contributed by atoms with Gasteiger partial charge in [-0.3, -0.25) is 14.3 Å². The molecule has 0 saturated heterocycles. The van der Waals surface area contributed by atoms with E-state index in [0.717, 1.165) is 11.8 Å². The molecule has 0 amide bonds. The summed E-state index contributed by atoms with van der Waals surface area (Å²) in [6.07, 6.45) is 2.42. The van der Waals surface area contributed by atoms with Crippen molar-refractivity contribution in [3.05, 3.63) is 10.5 Å². The van der Waals surface area contributed by atoms with E-state index in [4.69, 9.17) is 5.11 Å². The van der Waals surface area contributed by atoms with Crippen molar-refractivity contribution in [1.29, 1.82) is 0 Å². The molecule has 1 atom stereocenters. The van der Waals surface area contributed by atoms with Crippen LogP contribution in [0.5, 0.6) is 0 Å². The molecule has 1 aromatic rings. The minimum absolute atomic E-state index is 0.100. The normalized spacial score (nSPS) is 16.8. The lowest BCUT2D eigenvalue weighted by Crippen LogP contribution is -2.37. The third-order valence-electron chi connectivity index (χ3n) is 3.31. The summed E-state index contributed by atoms with van der Waals surface area (Å²) in [5.74, 6) is -1.02. The molecule has 1 unspecified atom stereocenters. The number of carboxylic acid groups (broad SMARTS) is 1. The topological polar surface area (TPSA) is 91.2 Å². The molecule has 1 aliphatic carbocycles. The van der Waals surface area contributed by atoms with Crippen LogP contribution in [0.15, 0.2) is 9.95 Å². The summed E-state index contributed by atoms with van der Waals surface area (Å²) >= 11 is 1.06. The molecular formula is C11H18N4O3S. The minimum Gasteiger partial charge on any atom is -0.481 e. The van der Waals surface area contributed by atoms with Crippen LogP contribution in [0.4, 0.5) is 0 Å². The maximum Gasteiger partial charge on any atom is 0.344 e. The minimum atomic E-state index is -0.921. The first kappa shape index (κ1) is 14.1. The molecule has 106 valence electrons. The molecule has 1 aromatic heterocycles. The van der Waals surface area contributed by atoms with E-state index in [1.54, 1.807) is 0 Å². The predicted octanol–water partition coefficient (Wildman–Crippen LogP) is 0.231. The highest BCUT2D eigenvalue weighted by Gasteiger charge is 2.29. The van der Waals surface area contributed by atoms with Crippen LogP contribution < -0.4 is 5.69 Å². The molecule has 2 N–H and O–H groups in total. The van der Waals surface area contributed by atoms with Gasteiger partial charge in [0.05, 0.1) is 5.75 Å². The zero-order valence-electron chi connectivity index (χ0n) is 11.0. The van der Waals surface area contributed by atoms with Gasteiger partial charge in [0.1, 0.15) is 0 Å². The van der Waals surface area contributed by atoms with Crippen LogP contribution in [0.25, 0.3) is 0 Å². The van der Waals surface area contributed by atoms with E-state index in [0.29, 0.717) is 17.7 Å². The summed E-state index contributed by atoms with van der Waals surface area (Å²) in [6, 6.07) is 0.833. The Morgan fingerprint density at radius 2 is 2.37 bits per heavy atom. The Kier molecular flexibility index (Phi) is 4.31. The second-order valence-electron chi connectivity index (χ2n) is 4.85. The Balaban J connectivity index is 2.03. The molecule has 0 radical (unpaired) electrons. The maximum absolute atomic E-state index is 11.7. The predicted molar refractivity (Wildman–Crippen MR) is 71.5 cm³/mol. The van der Waals surface area contributed by atoms with Gasteiger partial charge in [-0.15, -0.1) is 5.10 Å². The van der Waals surface area contributed by atoms with Gasteiger partial charge < -0.3 is 5.11 Å². The molecule has 1 aliphatic rings. The molecule has 2 rings (SSSR count). The molecule has 0 bridgehead atoms. The van der Waals surface area contributed by atoms with E-state index < -0.39 is 5.97 Å². The molecular weight excluding hydrogens is 268 g/mol. The number of H-pyrrole nitrogens is 1. The fourth-order valence-electron chi connectivity index (χ4n) is 1.94. The van der Waals surface area contributed by atoms with Crippen LogP contribution in [-0.2, 0) is 11.3 Å². The molecule has 1 fully saturated rings. The van der Waals surface area contributed by atoms with Crippen LogP contribution in [0, 0.1) is 0 Å². The number of nitrogens with one attached hydrogen (secondary N) is 1. The number of aromatic nitrogens is 3. The van der Waals surface area contributed by atoms with Gasteiger partial charge >= 0.3 is 11.7 Å². The molecule has 19 heavy (non-hydrogen) atoms. The lowest BCUT2D eigenvalue weighted by Gasteiger charge is -2.24. The van der Waals surface area contributed by atoms with Crippen LogP contribution in [0.3, 0.4) is 0 Å². The number of aliphatic carboxylic acids is 1. The number of carboxylic acids is 1. The highest BCUT2D eigenvalue weighted by atomic mass is 32.2. The van der Waals surface area contributed by atoms with Crippen molar-refractivity contribution in [2.24, 2.45) is 0 Å². The molecule has 1 heterocycles. The average molecular weight is 286 g/mol. The van der Waals surface area contributed by atoms with Crippen molar-refractivity contribution in [3.8, 4) is 0 Å². The van der Waals surface area contributed by atoms with E-state index in [-0.39, 0.29) is 17.5 Å². The SMILES string of the molecule is CC(Cn1c(SCC(=O)O)n[nH]c1=O)N(C)C1CC1. The Morgan fingerprint density at radius 3 is 2.95 bits per heavy atom. The van der Waals surface area contributed by atoms with Gasteiger partial charge in [0.15, 0.2) is 5.16 Å². The van der Waals surface area contributed by atoms with Crippen LogP contribution in [0.1, 0.15) is 19.8 Å². The molecule has 7 nitrogen and oxygen atoms in total. The number of hydrogen-bond acceptors (Lipinski definition) is 5. The van der Waals surface area contributed by atoms with Crippen molar-refractivity contribution in [3.63, 3.8) is 0 Å². The smallest absolute Gasteiger partial charge is 0.344 e. The summed E-state index contributed by atoms with van der Waals surface area (Å²) in [7, 11) is 2.05. The highest BCUT2D eigenvalue weighted by molar-refractivity contribution is 7.99. The van der Waals surface area contributed by atoms with Crippen molar-refractivity contribution < 1.29 is 9.90 Å². The number of hydrogen-bond donors (Lipinski definition) is 2. The number of aromatic amines is 1. The Bertz CT molecular complexity index is 508. The summed E-state index contributed by atoms with van der Waals surface area (Å²) in [4.78, 5) is 24.5. The van der Waals surface area contributed by atoms with Crippen LogP contribution in [0.2, 0.25) is 0 Å². The molecule has 0 spiro atoms. The Morgan fingerprint density at radius 1 is 1.68 bits per heavy atom.